The first-order valence-corrected chi connectivity index (χ1v) is 9.17. The number of aliphatic hydroxyl groups excluding tert-OH is 3. The molecule has 0 bridgehead atoms. The van der Waals surface area contributed by atoms with Crippen molar-refractivity contribution in [3.63, 3.8) is 0 Å². The van der Waals surface area contributed by atoms with E-state index in [-0.39, 0.29) is 17.8 Å². The minimum Gasteiger partial charge on any atom is -0.472 e. The molecule has 0 spiro atoms. The largest absolute Gasteiger partial charge is 0.472 e. The first-order valence-electron chi connectivity index (χ1n) is 9.17. The molecule has 3 rings (SSSR count). The molecule has 27 heavy (non-hydrogen) atoms. The van der Waals surface area contributed by atoms with Gasteiger partial charge in [0.2, 0.25) is 6.29 Å². The van der Waals surface area contributed by atoms with Gasteiger partial charge in [0.15, 0.2) is 6.29 Å². The second kappa shape index (κ2) is 8.42. The lowest BCUT2D eigenvalue weighted by molar-refractivity contribution is -0.345. The lowest BCUT2D eigenvalue weighted by Gasteiger charge is -2.44. The number of aliphatic hydroxyl groups is 3. The summed E-state index contributed by atoms with van der Waals surface area (Å²) in [7, 11) is 2.71. The maximum absolute atomic E-state index is 12.0. The van der Waals surface area contributed by atoms with Gasteiger partial charge in [-0.25, -0.2) is 4.79 Å². The number of hydrogen-bond donors (Lipinski definition) is 3. The van der Waals surface area contributed by atoms with Gasteiger partial charge in [-0.3, -0.25) is 0 Å². The van der Waals surface area contributed by atoms with E-state index in [0.29, 0.717) is 5.57 Å². The van der Waals surface area contributed by atoms with Crippen LogP contribution in [0.5, 0.6) is 0 Å². The highest BCUT2D eigenvalue weighted by Crippen LogP contribution is 2.47. The number of fused-ring (bicyclic) bond motifs is 1. The molecule has 3 N–H and O–H groups in total. The van der Waals surface area contributed by atoms with Gasteiger partial charge < -0.3 is 39.0 Å². The van der Waals surface area contributed by atoms with Crippen LogP contribution in [0.4, 0.5) is 0 Å². The zero-order valence-electron chi connectivity index (χ0n) is 15.7. The molecule has 2 aliphatic heterocycles. The molecule has 1 saturated heterocycles. The third kappa shape index (κ3) is 3.72. The van der Waals surface area contributed by atoms with Crippen LogP contribution in [0.25, 0.3) is 0 Å². The standard InChI is InChI=1S/C18H28O9/c1-8-4-5-9-10(16(22)24-3)7-25-17(12(8)9)27-18-15(23-2)14(21)13(20)11(6-19)26-18/h7-9,11-15,17-21H,4-6H2,1-3H3/t8-,9-,11+,12-,13+,14-,15+,17+,18-/m0/s1. The topological polar surface area (TPSA) is 124 Å². The number of methoxy groups -OCH3 is 2. The van der Waals surface area contributed by atoms with E-state index in [0.717, 1.165) is 12.8 Å². The molecule has 9 nitrogen and oxygen atoms in total. The van der Waals surface area contributed by atoms with Gasteiger partial charge in [-0.05, 0) is 18.8 Å². The number of ether oxygens (including phenoxy) is 5. The number of rotatable bonds is 5. The lowest BCUT2D eigenvalue weighted by atomic mass is 9.83. The van der Waals surface area contributed by atoms with Gasteiger partial charge >= 0.3 is 5.97 Å². The molecule has 0 amide bonds. The Balaban J connectivity index is 1.79. The van der Waals surface area contributed by atoms with Crippen molar-refractivity contribution in [3.05, 3.63) is 11.8 Å². The van der Waals surface area contributed by atoms with E-state index in [1.54, 1.807) is 0 Å². The Labute approximate surface area is 157 Å². The smallest absolute Gasteiger partial charge is 0.337 e. The highest BCUT2D eigenvalue weighted by molar-refractivity contribution is 5.89. The molecule has 2 heterocycles. The SMILES string of the molecule is COC(=O)C1=CO[C@H](O[C@@H]2O[C@H](CO)[C@@H](O)[C@H](O)[C@H]2OC)[C@H]2[C@@H](C)CC[C@@H]12. The summed E-state index contributed by atoms with van der Waals surface area (Å²) < 4.78 is 27.4. The van der Waals surface area contributed by atoms with Gasteiger partial charge in [0, 0.05) is 18.9 Å². The van der Waals surface area contributed by atoms with Gasteiger partial charge in [0.1, 0.15) is 24.4 Å². The Hall–Kier alpha value is -1.23. The summed E-state index contributed by atoms with van der Waals surface area (Å²) in [5, 5.41) is 29.7. The molecule has 1 aliphatic carbocycles. The van der Waals surface area contributed by atoms with E-state index < -0.39 is 49.6 Å². The molecule has 154 valence electrons. The maximum Gasteiger partial charge on any atom is 0.337 e. The lowest BCUT2D eigenvalue weighted by Crippen LogP contribution is -2.61. The summed E-state index contributed by atoms with van der Waals surface area (Å²) in [6.45, 7) is 1.59. The van der Waals surface area contributed by atoms with Crippen LogP contribution in [-0.2, 0) is 28.5 Å². The van der Waals surface area contributed by atoms with Gasteiger partial charge in [-0.1, -0.05) is 6.92 Å². The Morgan fingerprint density at radius 1 is 1.22 bits per heavy atom. The molecule has 1 saturated carbocycles. The molecule has 2 fully saturated rings. The van der Waals surface area contributed by atoms with Crippen molar-refractivity contribution >= 4 is 5.97 Å². The fourth-order valence-electron chi connectivity index (χ4n) is 4.35. The Kier molecular flexibility index (Phi) is 6.39. The van der Waals surface area contributed by atoms with Crippen molar-refractivity contribution in [2.45, 2.75) is 56.8 Å². The van der Waals surface area contributed by atoms with Gasteiger partial charge in [-0.2, -0.15) is 0 Å². The predicted molar refractivity (Wildman–Crippen MR) is 90.0 cm³/mol. The number of carbonyl (C=O) groups is 1. The van der Waals surface area contributed by atoms with Crippen LogP contribution in [0.1, 0.15) is 19.8 Å². The van der Waals surface area contributed by atoms with Crippen LogP contribution in [0, 0.1) is 17.8 Å². The van der Waals surface area contributed by atoms with E-state index >= 15 is 0 Å². The van der Waals surface area contributed by atoms with Crippen LogP contribution in [0.3, 0.4) is 0 Å². The van der Waals surface area contributed by atoms with Crippen LogP contribution >= 0.6 is 0 Å². The Morgan fingerprint density at radius 3 is 2.59 bits per heavy atom. The zero-order valence-corrected chi connectivity index (χ0v) is 15.7. The third-order valence-electron chi connectivity index (χ3n) is 5.88. The summed E-state index contributed by atoms with van der Waals surface area (Å²) in [5.41, 5.74) is 0.489. The fraction of sp³-hybridized carbons (Fsp3) is 0.833. The normalized spacial score (nSPS) is 44.2. The predicted octanol–water partition coefficient (Wildman–Crippen LogP) is -0.467. The fourth-order valence-corrected chi connectivity index (χ4v) is 4.35. The number of hydrogen-bond acceptors (Lipinski definition) is 9. The van der Waals surface area contributed by atoms with E-state index in [1.165, 1.54) is 20.5 Å². The van der Waals surface area contributed by atoms with Gasteiger partial charge in [0.25, 0.3) is 0 Å². The number of carbonyl (C=O) groups excluding carboxylic acids is 1. The van der Waals surface area contributed by atoms with E-state index in [9.17, 15) is 20.1 Å². The molecule has 0 unspecified atom stereocenters. The first-order chi connectivity index (χ1) is 12.9. The van der Waals surface area contributed by atoms with Crippen molar-refractivity contribution in [1.82, 2.24) is 0 Å². The molecule has 9 atom stereocenters. The Morgan fingerprint density at radius 2 is 1.96 bits per heavy atom. The van der Waals surface area contributed by atoms with Crippen molar-refractivity contribution in [2.75, 3.05) is 20.8 Å². The van der Waals surface area contributed by atoms with Crippen molar-refractivity contribution in [2.24, 2.45) is 17.8 Å². The zero-order chi connectivity index (χ0) is 19.7. The highest BCUT2D eigenvalue weighted by atomic mass is 16.8. The summed E-state index contributed by atoms with van der Waals surface area (Å²) in [6.07, 6.45) is -3.20. The van der Waals surface area contributed by atoms with Crippen LogP contribution in [0.2, 0.25) is 0 Å². The highest BCUT2D eigenvalue weighted by Gasteiger charge is 2.51. The minimum absolute atomic E-state index is 0.0556. The maximum atomic E-state index is 12.0. The van der Waals surface area contributed by atoms with Crippen molar-refractivity contribution in [3.8, 4) is 0 Å². The van der Waals surface area contributed by atoms with Crippen molar-refractivity contribution in [1.29, 1.82) is 0 Å². The first kappa shape index (κ1) is 20.5. The minimum atomic E-state index is -1.30. The quantitative estimate of drug-likeness (QED) is 0.536. The van der Waals surface area contributed by atoms with Crippen LogP contribution < -0.4 is 0 Å². The van der Waals surface area contributed by atoms with E-state index in [1.807, 2.05) is 0 Å². The second-order valence-electron chi connectivity index (χ2n) is 7.35. The molecule has 9 heteroatoms. The number of esters is 1. The summed E-state index contributed by atoms with van der Waals surface area (Å²) in [5.74, 6) is -0.330. The average Bonchev–Trinajstić information content (AvgIpc) is 3.06. The Bertz CT molecular complexity index is 565. The second-order valence-corrected chi connectivity index (χ2v) is 7.35. The molecule has 0 aromatic heterocycles. The molecule has 0 aromatic rings. The molecule has 0 aromatic carbocycles. The monoisotopic (exact) mass is 388 g/mol. The van der Waals surface area contributed by atoms with E-state index in [4.69, 9.17) is 23.7 Å². The average molecular weight is 388 g/mol. The molecule has 0 radical (unpaired) electrons. The molecular formula is C18H28O9. The molecular weight excluding hydrogens is 360 g/mol. The summed E-state index contributed by atoms with van der Waals surface area (Å²) in [6, 6.07) is 0. The third-order valence-corrected chi connectivity index (χ3v) is 5.88. The van der Waals surface area contributed by atoms with Gasteiger partial charge in [-0.15, -0.1) is 0 Å². The van der Waals surface area contributed by atoms with Crippen LogP contribution in [0.15, 0.2) is 11.8 Å². The summed E-state index contributed by atoms with van der Waals surface area (Å²) in [4.78, 5) is 12.0. The molecule has 3 aliphatic rings. The summed E-state index contributed by atoms with van der Waals surface area (Å²) >= 11 is 0. The van der Waals surface area contributed by atoms with E-state index in [2.05, 4.69) is 6.92 Å². The van der Waals surface area contributed by atoms with Crippen molar-refractivity contribution < 1.29 is 43.8 Å². The van der Waals surface area contributed by atoms with Gasteiger partial charge in [0.05, 0.1) is 25.6 Å². The van der Waals surface area contributed by atoms with Crippen LogP contribution in [-0.4, -0.2) is 79.1 Å².